The SMILES string of the molecule is Cc1cc(-c2nc3cccnc3s2)ccc1NC(=O)C1CC(=O)N(c2ccccc2)C1. The van der Waals surface area contributed by atoms with Crippen molar-refractivity contribution in [3.05, 3.63) is 72.4 Å². The second-order valence-electron chi connectivity index (χ2n) is 7.61. The summed E-state index contributed by atoms with van der Waals surface area (Å²) in [6.45, 7) is 2.35. The Morgan fingerprint density at radius 1 is 1.13 bits per heavy atom. The Bertz CT molecular complexity index is 1250. The van der Waals surface area contributed by atoms with E-state index in [1.54, 1.807) is 22.4 Å². The van der Waals surface area contributed by atoms with Crippen molar-refractivity contribution in [2.45, 2.75) is 13.3 Å². The van der Waals surface area contributed by atoms with Crippen LogP contribution in [0.15, 0.2) is 66.9 Å². The summed E-state index contributed by atoms with van der Waals surface area (Å²) >= 11 is 1.55. The molecule has 1 aliphatic rings. The molecule has 2 aromatic carbocycles. The average Bonchev–Trinajstić information content (AvgIpc) is 3.39. The zero-order valence-electron chi connectivity index (χ0n) is 16.9. The Labute approximate surface area is 183 Å². The van der Waals surface area contributed by atoms with Crippen LogP contribution in [0.1, 0.15) is 12.0 Å². The lowest BCUT2D eigenvalue weighted by Crippen LogP contribution is -2.28. The summed E-state index contributed by atoms with van der Waals surface area (Å²) in [5.74, 6) is -0.531. The standard InChI is InChI=1S/C24H20N4O2S/c1-15-12-16(23-27-20-8-5-11-25-24(20)31-23)9-10-19(15)26-22(30)17-13-21(29)28(14-17)18-6-3-2-4-7-18/h2-12,17H,13-14H2,1H3,(H,26,30). The van der Waals surface area contributed by atoms with Crippen molar-refractivity contribution >= 4 is 44.9 Å². The summed E-state index contributed by atoms with van der Waals surface area (Å²) in [5.41, 5.74) is 4.39. The molecule has 1 saturated heterocycles. The number of amides is 2. The van der Waals surface area contributed by atoms with Crippen molar-refractivity contribution in [3.8, 4) is 10.6 Å². The fraction of sp³-hybridized carbons (Fsp3) is 0.167. The van der Waals surface area contributed by atoms with E-state index < -0.39 is 0 Å². The predicted molar refractivity (Wildman–Crippen MR) is 123 cm³/mol. The Kier molecular flexibility index (Phi) is 4.95. The number of rotatable bonds is 4. The van der Waals surface area contributed by atoms with Gasteiger partial charge in [-0.2, -0.15) is 0 Å². The van der Waals surface area contributed by atoms with Crippen LogP contribution in [-0.4, -0.2) is 28.3 Å². The fourth-order valence-electron chi connectivity index (χ4n) is 3.81. The Morgan fingerprint density at radius 2 is 1.97 bits per heavy atom. The quantitative estimate of drug-likeness (QED) is 0.513. The molecule has 4 aromatic rings. The van der Waals surface area contributed by atoms with Gasteiger partial charge in [0.25, 0.3) is 0 Å². The third kappa shape index (κ3) is 3.80. The van der Waals surface area contributed by atoms with Crippen molar-refractivity contribution in [1.29, 1.82) is 0 Å². The monoisotopic (exact) mass is 428 g/mol. The zero-order valence-corrected chi connectivity index (χ0v) is 17.7. The smallest absolute Gasteiger partial charge is 0.229 e. The Balaban J connectivity index is 1.31. The van der Waals surface area contributed by atoms with Crippen LogP contribution in [-0.2, 0) is 9.59 Å². The highest BCUT2D eigenvalue weighted by atomic mass is 32.1. The molecule has 5 rings (SSSR count). The van der Waals surface area contributed by atoms with Crippen molar-refractivity contribution < 1.29 is 9.59 Å². The number of nitrogens with zero attached hydrogens (tertiary/aromatic N) is 3. The first kappa shape index (κ1) is 19.4. The number of hydrogen-bond donors (Lipinski definition) is 1. The Hall–Kier alpha value is -3.58. The van der Waals surface area contributed by atoms with E-state index in [1.807, 2.05) is 67.6 Å². The number of aromatic nitrogens is 2. The number of thiazole rings is 1. The number of carbonyl (C=O) groups excluding carboxylic acids is 2. The summed E-state index contributed by atoms with van der Waals surface area (Å²) < 4.78 is 0. The second-order valence-corrected chi connectivity index (χ2v) is 8.58. The van der Waals surface area contributed by atoms with E-state index in [-0.39, 0.29) is 24.2 Å². The van der Waals surface area contributed by atoms with E-state index in [9.17, 15) is 9.59 Å². The van der Waals surface area contributed by atoms with Crippen LogP contribution in [0.5, 0.6) is 0 Å². The van der Waals surface area contributed by atoms with Gasteiger partial charge >= 0.3 is 0 Å². The van der Waals surface area contributed by atoms with Crippen LogP contribution in [0.4, 0.5) is 11.4 Å². The van der Waals surface area contributed by atoms with E-state index in [1.165, 1.54) is 0 Å². The summed E-state index contributed by atoms with van der Waals surface area (Å²) in [6.07, 6.45) is 1.98. The number of pyridine rings is 1. The van der Waals surface area contributed by atoms with Gasteiger partial charge in [-0.25, -0.2) is 9.97 Å². The fourth-order valence-corrected chi connectivity index (χ4v) is 4.71. The van der Waals surface area contributed by atoms with Crippen molar-refractivity contribution in [2.24, 2.45) is 5.92 Å². The number of para-hydroxylation sites is 1. The number of aryl methyl sites for hydroxylation is 1. The van der Waals surface area contributed by atoms with Gasteiger partial charge in [-0.1, -0.05) is 29.5 Å². The molecule has 0 bridgehead atoms. The van der Waals surface area contributed by atoms with Crippen LogP contribution >= 0.6 is 11.3 Å². The lowest BCUT2D eigenvalue weighted by molar-refractivity contribution is -0.122. The van der Waals surface area contributed by atoms with E-state index in [4.69, 9.17) is 0 Å². The van der Waals surface area contributed by atoms with Gasteiger partial charge in [0.1, 0.15) is 15.4 Å². The lowest BCUT2D eigenvalue weighted by Gasteiger charge is -2.17. The molecule has 1 fully saturated rings. The molecule has 6 nitrogen and oxygen atoms in total. The molecule has 1 aliphatic heterocycles. The third-order valence-corrected chi connectivity index (χ3v) is 6.49. The van der Waals surface area contributed by atoms with Gasteiger partial charge in [0.2, 0.25) is 11.8 Å². The first-order chi connectivity index (χ1) is 15.1. The van der Waals surface area contributed by atoms with E-state index in [2.05, 4.69) is 15.3 Å². The van der Waals surface area contributed by atoms with E-state index in [0.717, 1.165) is 37.9 Å². The van der Waals surface area contributed by atoms with Gasteiger partial charge in [-0.05, 0) is 55.0 Å². The highest BCUT2D eigenvalue weighted by Crippen LogP contribution is 2.32. The van der Waals surface area contributed by atoms with Gasteiger partial charge in [0.15, 0.2) is 0 Å². The number of carbonyl (C=O) groups is 2. The summed E-state index contributed by atoms with van der Waals surface area (Å²) in [6, 6.07) is 19.2. The molecule has 0 spiro atoms. The molecule has 1 atom stereocenters. The van der Waals surface area contributed by atoms with Crippen molar-refractivity contribution in [3.63, 3.8) is 0 Å². The first-order valence-electron chi connectivity index (χ1n) is 10.1. The minimum absolute atomic E-state index is 0.0251. The number of nitrogens with one attached hydrogen (secondary N) is 1. The van der Waals surface area contributed by atoms with Gasteiger partial charge < -0.3 is 10.2 Å². The number of hydrogen-bond acceptors (Lipinski definition) is 5. The largest absolute Gasteiger partial charge is 0.326 e. The molecule has 0 aliphatic carbocycles. The molecular formula is C24H20N4O2S. The van der Waals surface area contributed by atoms with E-state index in [0.29, 0.717) is 6.54 Å². The molecule has 2 aromatic heterocycles. The number of fused-ring (bicyclic) bond motifs is 1. The molecule has 31 heavy (non-hydrogen) atoms. The molecule has 7 heteroatoms. The van der Waals surface area contributed by atoms with E-state index >= 15 is 0 Å². The third-order valence-electron chi connectivity index (χ3n) is 5.46. The molecule has 1 unspecified atom stereocenters. The molecule has 3 heterocycles. The van der Waals surface area contributed by atoms with Gasteiger partial charge in [0.05, 0.1) is 5.92 Å². The lowest BCUT2D eigenvalue weighted by atomic mass is 10.1. The van der Waals surface area contributed by atoms with Gasteiger partial charge in [-0.3, -0.25) is 9.59 Å². The van der Waals surface area contributed by atoms with Crippen LogP contribution in [0.2, 0.25) is 0 Å². The molecule has 0 saturated carbocycles. The maximum atomic E-state index is 12.9. The van der Waals surface area contributed by atoms with Crippen molar-refractivity contribution in [1.82, 2.24) is 9.97 Å². The number of anilines is 2. The van der Waals surface area contributed by atoms with Crippen LogP contribution in [0.25, 0.3) is 20.9 Å². The minimum Gasteiger partial charge on any atom is -0.326 e. The predicted octanol–water partition coefficient (Wildman–Crippen LogP) is 4.66. The molecule has 0 radical (unpaired) electrons. The second kappa shape index (κ2) is 7.92. The maximum Gasteiger partial charge on any atom is 0.229 e. The molecule has 1 N–H and O–H groups in total. The van der Waals surface area contributed by atoms with Gasteiger partial charge in [-0.15, -0.1) is 0 Å². The van der Waals surface area contributed by atoms with Gasteiger partial charge in [0, 0.05) is 36.1 Å². The normalized spacial score (nSPS) is 16.1. The summed E-state index contributed by atoms with van der Waals surface area (Å²) in [4.78, 5) is 36.9. The highest BCUT2D eigenvalue weighted by molar-refractivity contribution is 7.21. The molecular weight excluding hydrogens is 408 g/mol. The molecule has 2 amide bonds. The average molecular weight is 429 g/mol. The summed E-state index contributed by atoms with van der Waals surface area (Å²) in [7, 11) is 0. The van der Waals surface area contributed by atoms with Crippen LogP contribution < -0.4 is 10.2 Å². The summed E-state index contributed by atoms with van der Waals surface area (Å²) in [5, 5.41) is 3.90. The Morgan fingerprint density at radius 3 is 2.74 bits per heavy atom. The van der Waals surface area contributed by atoms with Crippen LogP contribution in [0.3, 0.4) is 0 Å². The first-order valence-corrected chi connectivity index (χ1v) is 10.9. The molecule has 154 valence electrons. The minimum atomic E-state index is -0.373. The number of benzene rings is 2. The topological polar surface area (TPSA) is 75.2 Å². The highest BCUT2D eigenvalue weighted by Gasteiger charge is 2.35. The van der Waals surface area contributed by atoms with Crippen LogP contribution in [0, 0.1) is 12.8 Å². The zero-order chi connectivity index (χ0) is 21.4. The maximum absolute atomic E-state index is 12.9. The van der Waals surface area contributed by atoms with Crippen molar-refractivity contribution in [2.75, 3.05) is 16.8 Å².